The number of nitrogens with one attached hydrogen (secondary N) is 1. The Morgan fingerprint density at radius 3 is 2.78 bits per heavy atom. The maximum atomic E-state index is 12.3. The van der Waals surface area contributed by atoms with Crippen LogP contribution in [-0.4, -0.2) is 75.3 Å². The van der Waals surface area contributed by atoms with Gasteiger partial charge in [-0.2, -0.15) is 4.99 Å². The Balaban J connectivity index is 0.00000131. The number of hydrogen-bond acceptors (Lipinski definition) is 6. The van der Waals surface area contributed by atoms with E-state index in [2.05, 4.69) is 24.8 Å². The van der Waals surface area contributed by atoms with Gasteiger partial charge in [-0.05, 0) is 30.0 Å². The molecule has 27 heavy (non-hydrogen) atoms. The molecule has 0 aromatic carbocycles. The molecule has 0 unspecified atom stereocenters. The Kier molecular flexibility index (Phi) is 7.69. The van der Waals surface area contributed by atoms with E-state index in [0.29, 0.717) is 11.4 Å². The molecular formula is C17H21Cl2N5O2S. The largest absolute Gasteiger partial charge is 0.395 e. The number of hydrogen-bond donors (Lipinski definition) is 2. The average Bonchev–Trinajstić information content (AvgIpc) is 3.21. The van der Waals surface area contributed by atoms with E-state index in [0.717, 1.165) is 47.9 Å². The van der Waals surface area contributed by atoms with E-state index in [4.69, 9.17) is 5.11 Å². The van der Waals surface area contributed by atoms with Gasteiger partial charge in [-0.3, -0.25) is 9.69 Å². The predicted molar refractivity (Wildman–Crippen MR) is 114 cm³/mol. The van der Waals surface area contributed by atoms with Gasteiger partial charge in [-0.25, -0.2) is 4.98 Å². The lowest BCUT2D eigenvalue weighted by Gasteiger charge is -2.34. The maximum Gasteiger partial charge on any atom is 0.286 e. The van der Waals surface area contributed by atoms with Crippen LogP contribution in [0.15, 0.2) is 34.4 Å². The van der Waals surface area contributed by atoms with Gasteiger partial charge in [-0.15, -0.1) is 24.8 Å². The fourth-order valence-electron chi connectivity index (χ4n) is 3.08. The summed E-state index contributed by atoms with van der Waals surface area (Å²) in [6.07, 6.45) is 5.49. The van der Waals surface area contributed by atoms with Gasteiger partial charge in [0.25, 0.3) is 5.91 Å². The van der Waals surface area contributed by atoms with E-state index < -0.39 is 0 Å². The lowest BCUT2D eigenvalue weighted by molar-refractivity contribution is -0.113. The SMILES string of the molecule is Cl.Cl.O=C1N=C(N2CCN(CCO)CC2)S/C1=C\c1c[nH]c2ncccc12. The van der Waals surface area contributed by atoms with Crippen molar-refractivity contribution in [2.75, 3.05) is 39.3 Å². The molecular weight excluding hydrogens is 409 g/mol. The summed E-state index contributed by atoms with van der Waals surface area (Å²) in [5.74, 6) is -0.184. The molecule has 1 saturated heterocycles. The minimum atomic E-state index is -0.184. The van der Waals surface area contributed by atoms with Crippen molar-refractivity contribution in [2.45, 2.75) is 0 Å². The number of aromatic amines is 1. The van der Waals surface area contributed by atoms with Crippen molar-refractivity contribution >= 4 is 64.8 Å². The highest BCUT2D eigenvalue weighted by atomic mass is 35.5. The van der Waals surface area contributed by atoms with Gasteiger partial charge in [0.15, 0.2) is 5.17 Å². The van der Waals surface area contributed by atoms with Gasteiger partial charge >= 0.3 is 0 Å². The molecule has 0 atom stereocenters. The maximum absolute atomic E-state index is 12.3. The van der Waals surface area contributed by atoms with Crippen molar-refractivity contribution in [1.82, 2.24) is 19.8 Å². The summed E-state index contributed by atoms with van der Waals surface area (Å²) in [5.41, 5.74) is 1.76. The van der Waals surface area contributed by atoms with Gasteiger partial charge in [0.1, 0.15) is 5.65 Å². The molecule has 2 aliphatic heterocycles. The molecule has 0 spiro atoms. The molecule has 7 nitrogen and oxygen atoms in total. The Bertz CT molecular complexity index is 862. The van der Waals surface area contributed by atoms with Crippen LogP contribution in [0.3, 0.4) is 0 Å². The summed E-state index contributed by atoms with van der Waals surface area (Å²) >= 11 is 1.43. The number of amidine groups is 1. The Labute approximate surface area is 173 Å². The number of H-pyrrole nitrogens is 1. The molecule has 0 aliphatic carbocycles. The number of β-amino-alcohol motifs (C(OH)–C–C–N with tert-alkyl or cyclic N) is 1. The molecule has 2 aliphatic rings. The van der Waals surface area contributed by atoms with Gasteiger partial charge < -0.3 is 15.0 Å². The minimum absolute atomic E-state index is 0. The van der Waals surface area contributed by atoms with Crippen LogP contribution in [0, 0.1) is 0 Å². The third-order valence-electron chi connectivity index (χ3n) is 4.44. The highest BCUT2D eigenvalue weighted by Gasteiger charge is 2.28. The Hall–Kier alpha value is -1.58. The van der Waals surface area contributed by atoms with Crippen LogP contribution in [0.4, 0.5) is 0 Å². The van der Waals surface area contributed by atoms with Crippen LogP contribution in [-0.2, 0) is 4.79 Å². The number of aliphatic hydroxyl groups excluding tert-OH is 1. The first-order valence-corrected chi connectivity index (χ1v) is 9.09. The summed E-state index contributed by atoms with van der Waals surface area (Å²) in [6, 6.07) is 3.87. The zero-order chi connectivity index (χ0) is 17.2. The molecule has 10 heteroatoms. The van der Waals surface area contributed by atoms with Crippen molar-refractivity contribution in [3.8, 4) is 0 Å². The summed E-state index contributed by atoms with van der Waals surface area (Å²) < 4.78 is 0. The molecule has 1 fully saturated rings. The molecule has 2 aromatic rings. The number of amides is 1. The van der Waals surface area contributed by atoms with Crippen molar-refractivity contribution in [3.63, 3.8) is 0 Å². The second-order valence-corrected chi connectivity index (χ2v) is 7.02. The van der Waals surface area contributed by atoms with Crippen LogP contribution in [0.5, 0.6) is 0 Å². The first kappa shape index (κ1) is 21.7. The standard InChI is InChI=1S/C17H19N5O2S.2ClH/c23-9-8-21-4-6-22(7-5-21)17-20-16(24)14(25-17)10-12-11-19-15-13(12)2-1-3-18-15;;/h1-3,10-11,23H,4-9H2,(H,18,19);2*1H/b14-10-;;. The molecule has 1 amide bonds. The quantitative estimate of drug-likeness (QED) is 0.725. The number of rotatable bonds is 3. The number of carbonyl (C=O) groups excluding carboxylic acids is 1. The van der Waals surface area contributed by atoms with E-state index in [1.807, 2.05) is 24.4 Å². The first-order valence-electron chi connectivity index (χ1n) is 8.27. The van der Waals surface area contributed by atoms with Gasteiger partial charge in [0.05, 0.1) is 11.5 Å². The number of piperazine rings is 1. The number of fused-ring (bicyclic) bond motifs is 1. The summed E-state index contributed by atoms with van der Waals surface area (Å²) in [4.78, 5) is 28.9. The highest BCUT2D eigenvalue weighted by Crippen LogP contribution is 2.32. The van der Waals surface area contributed by atoms with E-state index in [-0.39, 0.29) is 37.3 Å². The van der Waals surface area contributed by atoms with Crippen LogP contribution in [0.2, 0.25) is 0 Å². The summed E-state index contributed by atoms with van der Waals surface area (Å²) in [6.45, 7) is 4.28. The van der Waals surface area contributed by atoms with Crippen LogP contribution in [0.25, 0.3) is 17.1 Å². The summed E-state index contributed by atoms with van der Waals surface area (Å²) in [5, 5.41) is 10.8. The first-order chi connectivity index (χ1) is 12.2. The second-order valence-electron chi connectivity index (χ2n) is 6.01. The molecule has 2 aromatic heterocycles. The lowest BCUT2D eigenvalue weighted by atomic mass is 10.2. The van der Waals surface area contributed by atoms with E-state index in [9.17, 15) is 4.79 Å². The number of aromatic nitrogens is 2. The highest BCUT2D eigenvalue weighted by molar-refractivity contribution is 8.18. The molecule has 0 bridgehead atoms. The number of pyridine rings is 1. The number of aliphatic hydroxyl groups is 1. The smallest absolute Gasteiger partial charge is 0.286 e. The molecule has 0 saturated carbocycles. The third kappa shape index (κ3) is 4.64. The number of halogens is 2. The number of aliphatic imine (C=N–C) groups is 1. The predicted octanol–water partition coefficient (Wildman–Crippen LogP) is 1.99. The Morgan fingerprint density at radius 2 is 2.04 bits per heavy atom. The molecule has 0 radical (unpaired) electrons. The van der Waals surface area contributed by atoms with Crippen molar-refractivity contribution in [2.24, 2.45) is 4.99 Å². The average molecular weight is 430 g/mol. The fraction of sp³-hybridized carbons (Fsp3) is 0.353. The van der Waals surface area contributed by atoms with Crippen molar-refractivity contribution < 1.29 is 9.90 Å². The lowest BCUT2D eigenvalue weighted by Crippen LogP contribution is -2.48. The van der Waals surface area contributed by atoms with E-state index in [1.165, 1.54) is 11.8 Å². The van der Waals surface area contributed by atoms with Gasteiger partial charge in [-0.1, -0.05) is 0 Å². The molecule has 4 heterocycles. The van der Waals surface area contributed by atoms with Crippen LogP contribution in [0.1, 0.15) is 5.56 Å². The molecule has 2 N–H and O–H groups in total. The van der Waals surface area contributed by atoms with E-state index in [1.54, 1.807) is 6.20 Å². The number of carbonyl (C=O) groups is 1. The minimum Gasteiger partial charge on any atom is -0.395 e. The molecule has 146 valence electrons. The zero-order valence-electron chi connectivity index (χ0n) is 14.5. The van der Waals surface area contributed by atoms with Gasteiger partial charge in [0, 0.05) is 56.1 Å². The Morgan fingerprint density at radius 1 is 1.26 bits per heavy atom. The van der Waals surface area contributed by atoms with Gasteiger partial charge in [0.2, 0.25) is 0 Å². The van der Waals surface area contributed by atoms with E-state index >= 15 is 0 Å². The topological polar surface area (TPSA) is 84.8 Å². The summed E-state index contributed by atoms with van der Waals surface area (Å²) in [7, 11) is 0. The van der Waals surface area contributed by atoms with Crippen LogP contribution >= 0.6 is 36.6 Å². The normalized spacial score (nSPS) is 19.1. The van der Waals surface area contributed by atoms with Crippen molar-refractivity contribution in [3.05, 3.63) is 35.0 Å². The number of nitrogens with zero attached hydrogens (tertiary/aromatic N) is 4. The molecule has 4 rings (SSSR count). The van der Waals surface area contributed by atoms with Crippen LogP contribution < -0.4 is 0 Å². The zero-order valence-corrected chi connectivity index (χ0v) is 16.9. The second kappa shape index (κ2) is 9.57. The number of thioether (sulfide) groups is 1. The van der Waals surface area contributed by atoms with Crippen molar-refractivity contribution in [1.29, 1.82) is 0 Å². The fourth-order valence-corrected chi connectivity index (χ4v) is 4.03. The third-order valence-corrected chi connectivity index (χ3v) is 5.48. The monoisotopic (exact) mass is 429 g/mol.